The Kier molecular flexibility index (Phi) is 5.39. The Morgan fingerprint density at radius 1 is 1.19 bits per heavy atom. The Balaban J connectivity index is 1.89. The number of methoxy groups -OCH3 is 1. The van der Waals surface area contributed by atoms with Gasteiger partial charge in [0.05, 0.1) is 7.11 Å². The first kappa shape index (κ1) is 15.6. The van der Waals surface area contributed by atoms with Gasteiger partial charge in [-0.25, -0.2) is 0 Å². The number of halogens is 1. The number of aryl methyl sites for hydroxylation is 2. The van der Waals surface area contributed by atoms with Gasteiger partial charge in [-0.3, -0.25) is 4.79 Å². The molecule has 0 bridgehead atoms. The summed E-state index contributed by atoms with van der Waals surface area (Å²) in [5.74, 6) is 0.852. The van der Waals surface area contributed by atoms with Crippen LogP contribution in [0.15, 0.2) is 46.9 Å². The van der Waals surface area contributed by atoms with Crippen LogP contribution in [-0.4, -0.2) is 13.0 Å². The van der Waals surface area contributed by atoms with Gasteiger partial charge in [-0.2, -0.15) is 0 Å². The predicted molar refractivity (Wildman–Crippen MR) is 88.8 cm³/mol. The summed E-state index contributed by atoms with van der Waals surface area (Å²) < 4.78 is 6.12. The number of hydrogen-bond acceptors (Lipinski definition) is 2. The minimum absolute atomic E-state index is 0.0243. The summed E-state index contributed by atoms with van der Waals surface area (Å²) in [5, 5.41) is 2.95. The third-order valence-electron chi connectivity index (χ3n) is 3.26. The van der Waals surface area contributed by atoms with E-state index in [1.165, 1.54) is 0 Å². The molecule has 110 valence electrons. The Bertz CT molecular complexity index is 623. The summed E-state index contributed by atoms with van der Waals surface area (Å²) in [6, 6.07) is 13.6. The van der Waals surface area contributed by atoms with Crippen molar-refractivity contribution < 1.29 is 9.53 Å². The van der Waals surface area contributed by atoms with E-state index in [1.54, 1.807) is 7.11 Å². The maximum absolute atomic E-state index is 12.0. The van der Waals surface area contributed by atoms with Crippen molar-refractivity contribution in [3.8, 4) is 5.75 Å². The Labute approximate surface area is 133 Å². The second-order valence-electron chi connectivity index (χ2n) is 4.86. The zero-order valence-electron chi connectivity index (χ0n) is 12.2. The van der Waals surface area contributed by atoms with Gasteiger partial charge >= 0.3 is 0 Å². The van der Waals surface area contributed by atoms with E-state index in [2.05, 4.69) is 21.2 Å². The molecule has 0 heterocycles. The fraction of sp³-hybridized carbons (Fsp3) is 0.235. The molecule has 2 rings (SSSR count). The van der Waals surface area contributed by atoms with Crippen LogP contribution in [0, 0.1) is 6.92 Å². The van der Waals surface area contributed by atoms with Gasteiger partial charge in [0.1, 0.15) is 5.75 Å². The minimum Gasteiger partial charge on any atom is -0.497 e. The van der Waals surface area contributed by atoms with E-state index in [9.17, 15) is 4.79 Å². The van der Waals surface area contributed by atoms with E-state index in [4.69, 9.17) is 4.74 Å². The molecule has 0 spiro atoms. The van der Waals surface area contributed by atoms with Crippen LogP contribution in [0.4, 0.5) is 5.69 Å². The van der Waals surface area contributed by atoms with E-state index in [-0.39, 0.29) is 5.91 Å². The lowest BCUT2D eigenvalue weighted by Gasteiger charge is -2.09. The first-order valence-corrected chi connectivity index (χ1v) is 7.56. The molecule has 21 heavy (non-hydrogen) atoms. The number of rotatable bonds is 5. The number of carbonyl (C=O) groups excluding carboxylic acids is 1. The molecule has 0 saturated carbocycles. The van der Waals surface area contributed by atoms with Crippen LogP contribution in [0.25, 0.3) is 0 Å². The first-order valence-electron chi connectivity index (χ1n) is 6.77. The molecule has 0 unspecified atom stereocenters. The van der Waals surface area contributed by atoms with Gasteiger partial charge in [0.15, 0.2) is 0 Å². The Hall–Kier alpha value is -1.81. The Morgan fingerprint density at radius 3 is 2.52 bits per heavy atom. The van der Waals surface area contributed by atoms with Crippen molar-refractivity contribution in [2.45, 2.75) is 19.8 Å². The van der Waals surface area contributed by atoms with Crippen LogP contribution >= 0.6 is 15.9 Å². The van der Waals surface area contributed by atoms with E-state index in [1.807, 2.05) is 49.4 Å². The fourth-order valence-electron chi connectivity index (χ4n) is 2.03. The molecule has 4 heteroatoms. The maximum atomic E-state index is 12.0. The molecular formula is C17H18BrNO2. The molecule has 0 aliphatic rings. The average Bonchev–Trinajstić information content (AvgIpc) is 2.48. The van der Waals surface area contributed by atoms with Gasteiger partial charge in [-0.15, -0.1) is 0 Å². The third-order valence-corrected chi connectivity index (χ3v) is 3.76. The number of hydrogen-bond donors (Lipinski definition) is 1. The van der Waals surface area contributed by atoms with Crippen molar-refractivity contribution in [2.24, 2.45) is 0 Å². The van der Waals surface area contributed by atoms with E-state index in [0.29, 0.717) is 12.8 Å². The van der Waals surface area contributed by atoms with Crippen molar-refractivity contribution >= 4 is 27.5 Å². The molecular weight excluding hydrogens is 330 g/mol. The number of anilines is 1. The van der Waals surface area contributed by atoms with E-state index < -0.39 is 0 Å². The van der Waals surface area contributed by atoms with Gasteiger partial charge in [0.2, 0.25) is 5.91 Å². The number of ether oxygens (including phenoxy) is 1. The fourth-order valence-corrected chi connectivity index (χ4v) is 2.51. The Morgan fingerprint density at radius 2 is 1.90 bits per heavy atom. The molecule has 0 aromatic heterocycles. The van der Waals surface area contributed by atoms with Crippen LogP contribution in [0.3, 0.4) is 0 Å². The normalized spacial score (nSPS) is 10.2. The standard InChI is InChI=1S/C17H18BrNO2/c1-12-11-14(18)6-9-16(12)19-17(20)10-5-13-3-7-15(21-2)8-4-13/h3-4,6-9,11H,5,10H2,1-2H3,(H,19,20). The second kappa shape index (κ2) is 7.27. The molecule has 2 aromatic carbocycles. The summed E-state index contributed by atoms with van der Waals surface area (Å²) in [7, 11) is 1.64. The molecule has 0 aliphatic carbocycles. The third kappa shape index (κ3) is 4.60. The van der Waals surface area contributed by atoms with Crippen molar-refractivity contribution in [2.75, 3.05) is 12.4 Å². The number of benzene rings is 2. The van der Waals surface area contributed by atoms with Gasteiger partial charge in [0.25, 0.3) is 0 Å². The van der Waals surface area contributed by atoms with Crippen LogP contribution in [0.5, 0.6) is 5.75 Å². The van der Waals surface area contributed by atoms with Crippen LogP contribution in [0.2, 0.25) is 0 Å². The highest BCUT2D eigenvalue weighted by Gasteiger charge is 2.06. The van der Waals surface area contributed by atoms with Crippen molar-refractivity contribution in [3.63, 3.8) is 0 Å². The quantitative estimate of drug-likeness (QED) is 0.873. The van der Waals surface area contributed by atoms with Gasteiger partial charge < -0.3 is 10.1 Å². The molecule has 2 aromatic rings. The first-order chi connectivity index (χ1) is 10.1. The highest BCUT2D eigenvalue weighted by Crippen LogP contribution is 2.20. The monoisotopic (exact) mass is 347 g/mol. The van der Waals surface area contributed by atoms with Crippen LogP contribution in [-0.2, 0) is 11.2 Å². The number of amides is 1. The van der Waals surface area contributed by atoms with Crippen molar-refractivity contribution in [1.82, 2.24) is 0 Å². The lowest BCUT2D eigenvalue weighted by molar-refractivity contribution is -0.116. The molecule has 3 nitrogen and oxygen atoms in total. The lowest BCUT2D eigenvalue weighted by atomic mass is 10.1. The van der Waals surface area contributed by atoms with Gasteiger partial charge in [0, 0.05) is 16.6 Å². The van der Waals surface area contributed by atoms with Crippen LogP contribution in [0.1, 0.15) is 17.5 Å². The molecule has 1 N–H and O–H groups in total. The highest BCUT2D eigenvalue weighted by atomic mass is 79.9. The predicted octanol–water partition coefficient (Wildman–Crippen LogP) is 4.34. The summed E-state index contributed by atoms with van der Waals surface area (Å²) in [6.07, 6.45) is 1.17. The largest absolute Gasteiger partial charge is 0.497 e. The van der Waals surface area contributed by atoms with Gasteiger partial charge in [-0.05, 0) is 54.8 Å². The zero-order valence-corrected chi connectivity index (χ0v) is 13.7. The summed E-state index contributed by atoms with van der Waals surface area (Å²) in [4.78, 5) is 12.0. The SMILES string of the molecule is COc1ccc(CCC(=O)Nc2ccc(Br)cc2C)cc1. The van der Waals surface area contributed by atoms with E-state index in [0.717, 1.165) is 27.0 Å². The van der Waals surface area contributed by atoms with E-state index >= 15 is 0 Å². The van der Waals surface area contributed by atoms with Gasteiger partial charge in [-0.1, -0.05) is 28.1 Å². The molecule has 0 aliphatic heterocycles. The minimum atomic E-state index is 0.0243. The van der Waals surface area contributed by atoms with Crippen molar-refractivity contribution in [1.29, 1.82) is 0 Å². The maximum Gasteiger partial charge on any atom is 0.224 e. The molecule has 0 fully saturated rings. The molecule has 0 radical (unpaired) electrons. The summed E-state index contributed by atoms with van der Waals surface area (Å²) in [5.41, 5.74) is 3.03. The number of nitrogens with one attached hydrogen (secondary N) is 1. The average molecular weight is 348 g/mol. The van der Waals surface area contributed by atoms with Crippen LogP contribution < -0.4 is 10.1 Å². The molecule has 1 amide bonds. The zero-order chi connectivity index (χ0) is 15.2. The number of carbonyl (C=O) groups is 1. The smallest absolute Gasteiger partial charge is 0.224 e. The lowest BCUT2D eigenvalue weighted by Crippen LogP contribution is -2.13. The second-order valence-corrected chi connectivity index (χ2v) is 5.77. The highest BCUT2D eigenvalue weighted by molar-refractivity contribution is 9.10. The topological polar surface area (TPSA) is 38.3 Å². The van der Waals surface area contributed by atoms with Crippen molar-refractivity contribution in [3.05, 3.63) is 58.1 Å². The molecule has 0 saturated heterocycles. The summed E-state index contributed by atoms with van der Waals surface area (Å²) in [6.45, 7) is 1.98. The summed E-state index contributed by atoms with van der Waals surface area (Å²) >= 11 is 3.41. The molecule has 0 atom stereocenters.